The van der Waals surface area contributed by atoms with E-state index < -0.39 is 41.6 Å². The molecular weight excluding hydrogens is 480 g/mol. The van der Waals surface area contributed by atoms with Crippen molar-refractivity contribution < 1.29 is 29.0 Å². The number of carbonyl (C=O) groups excluding carboxylic acids is 3. The molecular formula is C23H35BrN2O6. The van der Waals surface area contributed by atoms with Crippen molar-refractivity contribution >= 4 is 33.7 Å². The molecule has 3 saturated heterocycles. The lowest BCUT2D eigenvalue weighted by Gasteiger charge is -2.39. The Morgan fingerprint density at radius 1 is 1.44 bits per heavy atom. The minimum Gasteiger partial charge on any atom is -0.466 e. The van der Waals surface area contributed by atoms with Crippen LogP contribution in [-0.2, 0) is 23.9 Å². The number of hydrogen-bond donors (Lipinski definition) is 1. The van der Waals surface area contributed by atoms with Crippen molar-refractivity contribution in [2.45, 2.75) is 75.1 Å². The molecule has 2 amide bonds. The molecule has 1 spiro atoms. The molecule has 7 atom stereocenters. The first kappa shape index (κ1) is 25.2. The van der Waals surface area contributed by atoms with E-state index in [1.165, 1.54) is 4.90 Å². The highest BCUT2D eigenvalue weighted by Crippen LogP contribution is 2.60. The van der Waals surface area contributed by atoms with E-state index in [0.717, 1.165) is 12.8 Å². The first-order chi connectivity index (χ1) is 15.3. The molecule has 0 aromatic rings. The van der Waals surface area contributed by atoms with Crippen molar-refractivity contribution in [3.05, 3.63) is 12.7 Å². The van der Waals surface area contributed by atoms with Crippen LogP contribution in [0.2, 0.25) is 0 Å². The van der Waals surface area contributed by atoms with Crippen LogP contribution in [0, 0.1) is 11.8 Å². The van der Waals surface area contributed by atoms with Crippen LogP contribution in [0.4, 0.5) is 0 Å². The van der Waals surface area contributed by atoms with Crippen LogP contribution in [0.25, 0.3) is 0 Å². The lowest BCUT2D eigenvalue weighted by molar-refractivity contribution is -0.156. The average Bonchev–Trinajstić information content (AvgIpc) is 3.36. The number of alkyl halides is 1. The van der Waals surface area contributed by atoms with Gasteiger partial charge in [0.25, 0.3) is 0 Å². The predicted molar refractivity (Wildman–Crippen MR) is 122 cm³/mol. The molecule has 3 aliphatic rings. The number of ether oxygens (including phenoxy) is 2. The number of carbonyl (C=O) groups is 3. The molecule has 8 nitrogen and oxygen atoms in total. The normalized spacial score (nSPS) is 33.8. The molecule has 0 saturated carbocycles. The molecule has 32 heavy (non-hydrogen) atoms. The van der Waals surface area contributed by atoms with Gasteiger partial charge in [-0.25, -0.2) is 0 Å². The zero-order valence-electron chi connectivity index (χ0n) is 19.2. The second kappa shape index (κ2) is 10.2. The Balaban J connectivity index is 2.08. The van der Waals surface area contributed by atoms with E-state index >= 15 is 0 Å². The van der Waals surface area contributed by atoms with Crippen LogP contribution in [0.5, 0.6) is 0 Å². The summed E-state index contributed by atoms with van der Waals surface area (Å²) in [6.07, 6.45) is 3.81. The summed E-state index contributed by atoms with van der Waals surface area (Å²) in [5.74, 6) is -2.57. The topological polar surface area (TPSA) is 96.4 Å². The monoisotopic (exact) mass is 514 g/mol. The number of fused-ring (bicyclic) bond motifs is 1. The van der Waals surface area contributed by atoms with E-state index in [0.29, 0.717) is 25.9 Å². The summed E-state index contributed by atoms with van der Waals surface area (Å²) in [4.78, 5) is 43.7. The molecule has 3 rings (SSSR count). The fourth-order valence-corrected chi connectivity index (χ4v) is 6.57. The number of hydrogen-bond acceptors (Lipinski definition) is 6. The standard InChI is InChI=1S/C23H35BrN2O6/c1-5-9-11-25(10-6-2)21(29)19-23-12-15(24)18(32-23)16(22(30)31-8-4)17(23)20(28)26(19)14(7-3)13-27/h6,14-19,27H,2,5,7-13H2,1,3-4H3/t14-,15?,16-,17-,18-,19?,23?/m0/s1. The van der Waals surface area contributed by atoms with E-state index in [9.17, 15) is 19.5 Å². The maximum atomic E-state index is 14.0. The van der Waals surface area contributed by atoms with Gasteiger partial charge in [-0.2, -0.15) is 0 Å². The fourth-order valence-electron chi connectivity index (χ4n) is 5.63. The van der Waals surface area contributed by atoms with Crippen LogP contribution in [0.3, 0.4) is 0 Å². The summed E-state index contributed by atoms with van der Waals surface area (Å²) in [6, 6.07) is -1.44. The largest absolute Gasteiger partial charge is 0.466 e. The number of amides is 2. The molecule has 2 bridgehead atoms. The van der Waals surface area contributed by atoms with Gasteiger partial charge in [0.05, 0.1) is 37.2 Å². The van der Waals surface area contributed by atoms with Gasteiger partial charge in [-0.05, 0) is 26.2 Å². The van der Waals surface area contributed by atoms with Crippen molar-refractivity contribution in [1.29, 1.82) is 0 Å². The summed E-state index contributed by atoms with van der Waals surface area (Å²) >= 11 is 3.63. The van der Waals surface area contributed by atoms with Crippen molar-refractivity contribution in [3.8, 4) is 0 Å². The number of unbranched alkanes of at least 4 members (excludes halogenated alkanes) is 1. The molecule has 0 aliphatic carbocycles. The number of rotatable bonds is 11. The summed E-state index contributed by atoms with van der Waals surface area (Å²) in [6.45, 7) is 10.3. The highest BCUT2D eigenvalue weighted by Gasteiger charge is 2.77. The minimum atomic E-state index is -1.13. The maximum Gasteiger partial charge on any atom is 0.312 e. The summed E-state index contributed by atoms with van der Waals surface area (Å²) in [5.41, 5.74) is -1.13. The quantitative estimate of drug-likeness (QED) is 0.257. The van der Waals surface area contributed by atoms with Crippen molar-refractivity contribution in [2.75, 3.05) is 26.3 Å². The third kappa shape index (κ3) is 3.90. The van der Waals surface area contributed by atoms with Gasteiger partial charge in [0, 0.05) is 17.9 Å². The van der Waals surface area contributed by atoms with E-state index in [2.05, 4.69) is 29.4 Å². The van der Waals surface area contributed by atoms with Gasteiger partial charge < -0.3 is 24.4 Å². The van der Waals surface area contributed by atoms with Crippen LogP contribution in [0.1, 0.15) is 46.5 Å². The van der Waals surface area contributed by atoms with Crippen molar-refractivity contribution in [1.82, 2.24) is 9.80 Å². The summed E-state index contributed by atoms with van der Waals surface area (Å²) < 4.78 is 11.7. The summed E-state index contributed by atoms with van der Waals surface area (Å²) in [5, 5.41) is 10.1. The molecule has 3 unspecified atom stereocenters. The van der Waals surface area contributed by atoms with E-state index in [4.69, 9.17) is 9.47 Å². The molecule has 3 aliphatic heterocycles. The van der Waals surface area contributed by atoms with Crippen molar-refractivity contribution in [3.63, 3.8) is 0 Å². The van der Waals surface area contributed by atoms with Crippen LogP contribution < -0.4 is 0 Å². The Labute approximate surface area is 198 Å². The molecule has 0 radical (unpaired) electrons. The zero-order valence-corrected chi connectivity index (χ0v) is 20.8. The number of esters is 1. The predicted octanol–water partition coefficient (Wildman–Crippen LogP) is 1.88. The molecule has 180 valence electrons. The van der Waals surface area contributed by atoms with Gasteiger partial charge >= 0.3 is 5.97 Å². The van der Waals surface area contributed by atoms with Crippen molar-refractivity contribution in [2.24, 2.45) is 11.8 Å². The Morgan fingerprint density at radius 3 is 2.72 bits per heavy atom. The fraction of sp³-hybridized carbons (Fsp3) is 0.783. The molecule has 0 aromatic carbocycles. The van der Waals surface area contributed by atoms with Gasteiger partial charge in [-0.1, -0.05) is 42.3 Å². The van der Waals surface area contributed by atoms with Crippen LogP contribution >= 0.6 is 15.9 Å². The smallest absolute Gasteiger partial charge is 0.312 e. The number of aliphatic hydroxyl groups is 1. The molecule has 3 heterocycles. The second-order valence-corrected chi connectivity index (χ2v) is 10.0. The Bertz CT molecular complexity index is 744. The van der Waals surface area contributed by atoms with Gasteiger partial charge in [0.1, 0.15) is 11.6 Å². The third-order valence-electron chi connectivity index (χ3n) is 7.04. The number of nitrogens with zero attached hydrogens (tertiary/aromatic N) is 2. The first-order valence-corrected chi connectivity index (χ1v) is 12.6. The molecule has 3 fully saturated rings. The lowest BCUT2D eigenvalue weighted by Crippen LogP contribution is -2.59. The lowest BCUT2D eigenvalue weighted by atomic mass is 9.70. The Kier molecular flexibility index (Phi) is 8.04. The van der Waals surface area contributed by atoms with Gasteiger partial charge in [0.2, 0.25) is 11.8 Å². The maximum absolute atomic E-state index is 14.0. The first-order valence-electron chi connectivity index (χ1n) is 11.6. The Hall–Kier alpha value is -1.45. The number of aliphatic hydroxyl groups excluding tert-OH is 1. The molecule has 0 aromatic heterocycles. The van der Waals surface area contributed by atoms with Gasteiger partial charge in [-0.3, -0.25) is 14.4 Å². The average molecular weight is 515 g/mol. The van der Waals surface area contributed by atoms with Gasteiger partial charge in [0.15, 0.2) is 0 Å². The second-order valence-electron chi connectivity index (χ2n) is 8.83. The van der Waals surface area contributed by atoms with Gasteiger partial charge in [-0.15, -0.1) is 6.58 Å². The number of halogens is 1. The zero-order chi connectivity index (χ0) is 23.6. The number of likely N-dealkylation sites (tertiary alicyclic amines) is 1. The molecule has 9 heteroatoms. The van der Waals surface area contributed by atoms with Crippen LogP contribution in [0.15, 0.2) is 12.7 Å². The van der Waals surface area contributed by atoms with E-state index in [-0.39, 0.29) is 29.9 Å². The molecule has 1 N–H and O–H groups in total. The van der Waals surface area contributed by atoms with Crippen LogP contribution in [-0.4, -0.2) is 87.6 Å². The summed E-state index contributed by atoms with van der Waals surface area (Å²) in [7, 11) is 0. The van der Waals surface area contributed by atoms with E-state index in [1.54, 1.807) is 17.9 Å². The third-order valence-corrected chi connectivity index (χ3v) is 7.88. The Morgan fingerprint density at radius 2 is 2.16 bits per heavy atom. The highest BCUT2D eigenvalue weighted by atomic mass is 79.9. The minimum absolute atomic E-state index is 0.172. The highest BCUT2D eigenvalue weighted by molar-refractivity contribution is 9.09. The SMILES string of the molecule is C=CCN(CCCC)C(=O)C1N([C@@H](CC)CO)C(=O)[C@@H]2[C@H](C(=O)OCC)[C@H]3OC12CC3Br. The van der Waals surface area contributed by atoms with E-state index in [1.807, 2.05) is 6.92 Å².